The average Bonchev–Trinajstić information content (AvgIpc) is 3.39. The van der Waals surface area contributed by atoms with Crippen LogP contribution in [-0.4, -0.2) is 57.4 Å². The minimum atomic E-state index is -0.792. The first kappa shape index (κ1) is 27.8. The van der Waals surface area contributed by atoms with Gasteiger partial charge >= 0.3 is 0 Å². The lowest BCUT2D eigenvalue weighted by molar-refractivity contribution is -0.142. The van der Waals surface area contributed by atoms with Crippen molar-refractivity contribution in [2.24, 2.45) is 5.92 Å². The van der Waals surface area contributed by atoms with Crippen LogP contribution in [0.5, 0.6) is 0 Å². The molecule has 1 saturated heterocycles. The molecular formula is C27H38N4O4S. The van der Waals surface area contributed by atoms with E-state index in [0.717, 1.165) is 27.3 Å². The van der Waals surface area contributed by atoms with Crippen LogP contribution in [-0.2, 0) is 26.3 Å². The Bertz CT molecular complexity index is 1120. The third kappa shape index (κ3) is 6.31. The van der Waals surface area contributed by atoms with Gasteiger partial charge in [-0.25, -0.2) is 4.98 Å². The van der Waals surface area contributed by atoms with E-state index in [1.165, 1.54) is 11.8 Å². The van der Waals surface area contributed by atoms with Crippen LogP contribution in [0.25, 0.3) is 10.4 Å². The molecular weight excluding hydrogens is 476 g/mol. The molecule has 3 unspecified atom stereocenters. The highest BCUT2D eigenvalue weighted by atomic mass is 32.1. The Morgan fingerprint density at radius 2 is 1.94 bits per heavy atom. The summed E-state index contributed by atoms with van der Waals surface area (Å²) in [6, 6.07) is 4.70. The molecule has 1 aliphatic rings. The number of aromatic nitrogens is 1. The van der Waals surface area contributed by atoms with Gasteiger partial charge in [0.25, 0.3) is 0 Å². The van der Waals surface area contributed by atoms with Gasteiger partial charge in [-0.15, -0.1) is 11.3 Å². The molecule has 2 aromatic rings. The van der Waals surface area contributed by atoms with E-state index in [2.05, 4.69) is 42.5 Å². The van der Waals surface area contributed by atoms with E-state index >= 15 is 0 Å². The second-order valence-corrected chi connectivity index (χ2v) is 11.8. The number of thiazole rings is 1. The molecule has 1 aliphatic heterocycles. The van der Waals surface area contributed by atoms with Crippen molar-refractivity contribution < 1.29 is 19.5 Å². The molecule has 0 radical (unpaired) electrons. The molecule has 3 N–H and O–H groups in total. The lowest BCUT2D eigenvalue weighted by Crippen LogP contribution is -2.55. The standard InChI is InChI=1S/C27H38N4O4S/c1-15(2)23(30-17(4)32)26(35)31-13-20(33)11-22(31)25(34)28-12-19-9-8-18(10-21(19)27(5,6)7)24-16(3)29-14-36-24/h8-10,14-15,20,22-23,33H,11-13H2,1-7H3,(H,28,34)(H,30,32). The number of hydrogen-bond donors (Lipinski definition) is 3. The first-order valence-electron chi connectivity index (χ1n) is 12.4. The number of rotatable bonds is 7. The second kappa shape index (κ2) is 11.1. The lowest BCUT2D eigenvalue weighted by Gasteiger charge is -2.30. The molecule has 3 amide bonds. The Kier molecular flexibility index (Phi) is 8.56. The number of amides is 3. The maximum atomic E-state index is 13.2. The maximum Gasteiger partial charge on any atom is 0.246 e. The van der Waals surface area contributed by atoms with Crippen molar-refractivity contribution in [2.45, 2.75) is 85.0 Å². The number of carbonyl (C=O) groups is 3. The van der Waals surface area contributed by atoms with Gasteiger partial charge in [0.2, 0.25) is 17.7 Å². The fourth-order valence-electron chi connectivity index (χ4n) is 4.67. The number of carbonyl (C=O) groups excluding carboxylic acids is 3. The van der Waals surface area contributed by atoms with Crippen molar-refractivity contribution >= 4 is 29.1 Å². The summed E-state index contributed by atoms with van der Waals surface area (Å²) in [5, 5.41) is 16.0. The molecule has 1 fully saturated rings. The average molecular weight is 515 g/mol. The minimum Gasteiger partial charge on any atom is -0.391 e. The van der Waals surface area contributed by atoms with Gasteiger partial charge in [-0.3, -0.25) is 14.4 Å². The number of benzene rings is 1. The molecule has 8 nitrogen and oxygen atoms in total. The molecule has 1 aromatic carbocycles. The molecule has 3 atom stereocenters. The molecule has 0 aliphatic carbocycles. The van der Waals surface area contributed by atoms with Crippen LogP contribution in [0.3, 0.4) is 0 Å². The first-order valence-corrected chi connectivity index (χ1v) is 13.2. The van der Waals surface area contributed by atoms with Crippen molar-refractivity contribution in [2.75, 3.05) is 6.54 Å². The Morgan fingerprint density at radius 1 is 1.25 bits per heavy atom. The van der Waals surface area contributed by atoms with E-state index in [1.54, 1.807) is 11.3 Å². The van der Waals surface area contributed by atoms with Crippen molar-refractivity contribution in [3.8, 4) is 10.4 Å². The summed E-state index contributed by atoms with van der Waals surface area (Å²) in [6.45, 7) is 13.8. The van der Waals surface area contributed by atoms with Crippen LogP contribution in [0.2, 0.25) is 0 Å². The summed E-state index contributed by atoms with van der Waals surface area (Å²) in [5.41, 5.74) is 5.90. The molecule has 0 bridgehead atoms. The van der Waals surface area contributed by atoms with Gasteiger partial charge in [-0.1, -0.05) is 46.8 Å². The highest BCUT2D eigenvalue weighted by Gasteiger charge is 2.42. The van der Waals surface area contributed by atoms with Crippen LogP contribution in [0.4, 0.5) is 0 Å². The molecule has 196 valence electrons. The van der Waals surface area contributed by atoms with Crippen molar-refractivity contribution in [1.82, 2.24) is 20.5 Å². The number of aryl methyl sites for hydroxylation is 1. The number of nitrogens with one attached hydrogen (secondary N) is 2. The van der Waals surface area contributed by atoms with E-state index in [0.29, 0.717) is 6.54 Å². The predicted octanol–water partition coefficient (Wildman–Crippen LogP) is 3.15. The summed E-state index contributed by atoms with van der Waals surface area (Å²) in [4.78, 5) is 45.0. The number of nitrogens with zero attached hydrogens (tertiary/aromatic N) is 2. The number of hydrogen-bond acceptors (Lipinski definition) is 6. The zero-order valence-corrected chi connectivity index (χ0v) is 23.0. The normalized spacial score (nSPS) is 18.9. The van der Waals surface area contributed by atoms with E-state index in [4.69, 9.17) is 0 Å². The largest absolute Gasteiger partial charge is 0.391 e. The molecule has 9 heteroatoms. The number of aliphatic hydroxyl groups excluding tert-OH is 1. The third-order valence-corrected chi connectivity index (χ3v) is 7.51. The van der Waals surface area contributed by atoms with Crippen LogP contribution in [0.1, 0.15) is 64.8 Å². The maximum absolute atomic E-state index is 13.2. The number of β-amino-alcohol motifs (C(OH)–C–C–N with tert-alkyl or cyclic N) is 1. The lowest BCUT2D eigenvalue weighted by atomic mass is 9.82. The zero-order valence-electron chi connectivity index (χ0n) is 22.2. The van der Waals surface area contributed by atoms with Gasteiger partial charge < -0.3 is 20.6 Å². The number of likely N-dealkylation sites (tertiary alicyclic amines) is 1. The summed E-state index contributed by atoms with van der Waals surface area (Å²) in [6.07, 6.45) is -0.625. The Balaban J connectivity index is 1.79. The highest BCUT2D eigenvalue weighted by Crippen LogP contribution is 2.34. The molecule has 0 spiro atoms. The van der Waals surface area contributed by atoms with Crippen LogP contribution < -0.4 is 10.6 Å². The van der Waals surface area contributed by atoms with Gasteiger partial charge in [-0.2, -0.15) is 0 Å². The quantitative estimate of drug-likeness (QED) is 0.526. The Hall–Kier alpha value is -2.78. The summed E-state index contributed by atoms with van der Waals surface area (Å²) < 4.78 is 0. The summed E-state index contributed by atoms with van der Waals surface area (Å²) in [7, 11) is 0. The van der Waals surface area contributed by atoms with E-state index in [1.807, 2.05) is 38.4 Å². The van der Waals surface area contributed by atoms with Crippen molar-refractivity contribution in [3.05, 3.63) is 40.5 Å². The summed E-state index contributed by atoms with van der Waals surface area (Å²) >= 11 is 1.61. The molecule has 2 heterocycles. The van der Waals surface area contributed by atoms with Crippen LogP contribution in [0, 0.1) is 12.8 Å². The molecule has 3 rings (SSSR count). The first-order chi connectivity index (χ1) is 16.8. The highest BCUT2D eigenvalue weighted by molar-refractivity contribution is 7.13. The van der Waals surface area contributed by atoms with Crippen LogP contribution >= 0.6 is 11.3 Å². The molecule has 1 aromatic heterocycles. The van der Waals surface area contributed by atoms with Gasteiger partial charge in [-0.05, 0) is 41.0 Å². The SMILES string of the molecule is CC(=O)NC(C(=O)N1CC(O)CC1C(=O)NCc1ccc(-c2scnc2C)cc1C(C)(C)C)C(C)C. The van der Waals surface area contributed by atoms with E-state index in [-0.39, 0.29) is 42.0 Å². The van der Waals surface area contributed by atoms with Crippen molar-refractivity contribution in [1.29, 1.82) is 0 Å². The number of aliphatic hydroxyl groups is 1. The Morgan fingerprint density at radius 3 is 2.50 bits per heavy atom. The van der Waals surface area contributed by atoms with E-state index < -0.39 is 18.2 Å². The fourth-order valence-corrected chi connectivity index (χ4v) is 5.47. The summed E-state index contributed by atoms with van der Waals surface area (Å²) in [5.74, 6) is -1.13. The minimum absolute atomic E-state index is 0.0653. The van der Waals surface area contributed by atoms with Crippen molar-refractivity contribution in [3.63, 3.8) is 0 Å². The third-order valence-electron chi connectivity index (χ3n) is 6.53. The van der Waals surface area contributed by atoms with Gasteiger partial charge in [0.15, 0.2) is 0 Å². The predicted molar refractivity (Wildman–Crippen MR) is 141 cm³/mol. The molecule has 36 heavy (non-hydrogen) atoms. The zero-order chi connectivity index (χ0) is 26.8. The molecule has 0 saturated carbocycles. The van der Waals surface area contributed by atoms with Gasteiger partial charge in [0.1, 0.15) is 12.1 Å². The second-order valence-electron chi connectivity index (χ2n) is 10.9. The van der Waals surface area contributed by atoms with Gasteiger partial charge in [0, 0.05) is 26.4 Å². The van der Waals surface area contributed by atoms with Crippen LogP contribution in [0.15, 0.2) is 23.7 Å². The monoisotopic (exact) mass is 514 g/mol. The topological polar surface area (TPSA) is 112 Å². The van der Waals surface area contributed by atoms with E-state index in [9.17, 15) is 19.5 Å². The smallest absolute Gasteiger partial charge is 0.246 e. The Labute approximate surface area is 217 Å². The van der Waals surface area contributed by atoms with Gasteiger partial charge in [0.05, 0.1) is 22.2 Å². The fraction of sp³-hybridized carbons (Fsp3) is 0.556.